The minimum Gasteiger partial charge on any atom is -0.495 e. The number of fused-ring (bicyclic) bond motifs is 4. The van der Waals surface area contributed by atoms with Crippen molar-refractivity contribution in [2.24, 2.45) is 0 Å². The highest BCUT2D eigenvalue weighted by molar-refractivity contribution is 6.07. The Bertz CT molecular complexity index is 2570. The van der Waals surface area contributed by atoms with E-state index in [4.69, 9.17) is 23.9 Å². The molecule has 1 aliphatic carbocycles. The number of nitrogens with one attached hydrogen (secondary N) is 5. The number of nitriles is 1. The van der Waals surface area contributed by atoms with Gasteiger partial charge in [0, 0.05) is 67.4 Å². The van der Waals surface area contributed by atoms with Gasteiger partial charge in [-0.3, -0.25) is 33.9 Å². The third-order valence-corrected chi connectivity index (χ3v) is 12.7. The summed E-state index contributed by atoms with van der Waals surface area (Å²) in [5.74, 6) is -0.00520. The van der Waals surface area contributed by atoms with Gasteiger partial charge in [0.25, 0.3) is 11.8 Å². The number of piperidine rings is 1. The number of imidazole rings is 1. The van der Waals surface area contributed by atoms with Crippen LogP contribution in [0.25, 0.3) is 5.69 Å². The van der Waals surface area contributed by atoms with Crippen LogP contribution >= 0.6 is 0 Å². The van der Waals surface area contributed by atoms with E-state index >= 15 is 0 Å². The van der Waals surface area contributed by atoms with Crippen LogP contribution in [0.3, 0.4) is 0 Å². The number of rotatable bonds is 23. The maximum absolute atomic E-state index is 13.1. The first-order valence-corrected chi connectivity index (χ1v) is 23.6. The largest absolute Gasteiger partial charge is 0.495 e. The van der Waals surface area contributed by atoms with Crippen molar-refractivity contribution in [2.75, 3.05) is 81.9 Å². The normalized spacial score (nSPS) is 17.5. The molecule has 364 valence electrons. The molecule has 5 N–H and O–H groups in total. The molecule has 4 aromatic rings. The Hall–Kier alpha value is -6.99. The lowest BCUT2D eigenvalue weighted by molar-refractivity contribution is -0.137. The fourth-order valence-corrected chi connectivity index (χ4v) is 9.34. The molecule has 2 aromatic carbocycles. The molecule has 2 fully saturated rings. The van der Waals surface area contributed by atoms with Gasteiger partial charge in [-0.05, 0) is 56.0 Å². The Balaban J connectivity index is 0.680. The summed E-state index contributed by atoms with van der Waals surface area (Å²) in [4.78, 5) is 80.6. The molecule has 8 rings (SSSR count). The van der Waals surface area contributed by atoms with Crippen molar-refractivity contribution in [3.05, 3.63) is 77.0 Å². The highest BCUT2D eigenvalue weighted by atomic mass is 16.5. The minimum absolute atomic E-state index is 0.0473. The summed E-state index contributed by atoms with van der Waals surface area (Å²) in [5, 5.41) is 24.4. The van der Waals surface area contributed by atoms with Crippen molar-refractivity contribution >= 4 is 52.7 Å². The van der Waals surface area contributed by atoms with E-state index in [1.165, 1.54) is 12.0 Å². The van der Waals surface area contributed by atoms with Crippen LogP contribution in [-0.4, -0.2) is 132 Å². The monoisotopic (exact) mass is 946 g/mol. The molecule has 0 spiro atoms. The molecule has 0 bridgehead atoms. The smallest absolute Gasteiger partial charge is 0.255 e. The van der Waals surface area contributed by atoms with E-state index in [2.05, 4.69) is 54.4 Å². The van der Waals surface area contributed by atoms with Gasteiger partial charge in [-0.2, -0.15) is 10.2 Å². The van der Waals surface area contributed by atoms with Gasteiger partial charge >= 0.3 is 0 Å². The van der Waals surface area contributed by atoms with E-state index in [9.17, 15) is 29.2 Å². The number of aromatic nitrogens is 4. The maximum atomic E-state index is 13.1. The zero-order valence-corrected chi connectivity index (χ0v) is 38.9. The molecular formula is C48H58N12O9. The molecule has 69 heavy (non-hydrogen) atoms. The number of carbonyl (C=O) groups excluding carboxylic acids is 5. The van der Waals surface area contributed by atoms with Crippen LogP contribution in [0.5, 0.6) is 5.75 Å². The topological polar surface area (TPSA) is 256 Å². The van der Waals surface area contributed by atoms with Gasteiger partial charge in [0.15, 0.2) is 11.5 Å². The zero-order valence-electron chi connectivity index (χ0n) is 38.9. The van der Waals surface area contributed by atoms with Crippen LogP contribution in [0, 0.1) is 11.3 Å². The van der Waals surface area contributed by atoms with E-state index in [1.807, 2.05) is 4.57 Å². The second-order valence-corrected chi connectivity index (χ2v) is 17.0. The van der Waals surface area contributed by atoms with Gasteiger partial charge in [0.1, 0.15) is 29.9 Å². The quantitative estimate of drug-likeness (QED) is 0.0525. The number of benzene rings is 2. The van der Waals surface area contributed by atoms with Gasteiger partial charge < -0.3 is 50.0 Å². The lowest BCUT2D eigenvalue weighted by Crippen LogP contribution is -2.52. The molecular weight excluding hydrogens is 889 g/mol. The summed E-state index contributed by atoms with van der Waals surface area (Å²) in [6, 6.07) is 12.0. The first kappa shape index (κ1) is 48.5. The Kier molecular flexibility index (Phi) is 16.1. The van der Waals surface area contributed by atoms with Gasteiger partial charge in [-0.25, -0.2) is 9.97 Å². The molecule has 21 heteroatoms. The lowest BCUT2D eigenvalue weighted by Gasteiger charge is -2.41. The average molecular weight is 947 g/mol. The minimum atomic E-state index is -0.727. The summed E-state index contributed by atoms with van der Waals surface area (Å²) in [7, 11) is 1.54. The number of methoxy groups -OCH3 is 1. The molecule has 2 aromatic heterocycles. The van der Waals surface area contributed by atoms with Crippen molar-refractivity contribution in [3.63, 3.8) is 0 Å². The highest BCUT2D eigenvalue weighted by Crippen LogP contribution is 2.45. The van der Waals surface area contributed by atoms with Gasteiger partial charge in [0.2, 0.25) is 23.7 Å². The second kappa shape index (κ2) is 22.9. The SMILES string of the molecule is CC[C@@H]1c2c(C#N)ncn2-c2cnc(Nc3ccc(C(=O)NCCOCCOCCOCCNCCC(=O)Nc4cccc5c4CN(C4CCC(=O)NC4=O)C5=O)cc3OC)nc2N1C1CCCC1. The van der Waals surface area contributed by atoms with Crippen molar-refractivity contribution in [2.45, 2.75) is 83.0 Å². The van der Waals surface area contributed by atoms with Crippen LogP contribution in [0.4, 0.5) is 23.1 Å². The summed E-state index contributed by atoms with van der Waals surface area (Å²) in [6.45, 7) is 5.77. The van der Waals surface area contributed by atoms with Gasteiger partial charge in [-0.1, -0.05) is 25.8 Å². The number of imide groups is 1. The average Bonchev–Trinajstić information content (AvgIpc) is 4.12. The van der Waals surface area contributed by atoms with E-state index in [0.717, 1.165) is 49.3 Å². The first-order chi connectivity index (χ1) is 33.7. The van der Waals surface area contributed by atoms with Crippen molar-refractivity contribution < 1.29 is 42.9 Å². The number of hydrogen-bond acceptors (Lipinski definition) is 16. The molecule has 5 amide bonds. The Morgan fingerprint density at radius 3 is 2.43 bits per heavy atom. The number of amides is 5. The fraction of sp³-hybridized carbons (Fsp3) is 0.479. The third-order valence-electron chi connectivity index (χ3n) is 12.7. The van der Waals surface area contributed by atoms with Crippen LogP contribution < -0.4 is 36.2 Å². The van der Waals surface area contributed by atoms with E-state index in [0.29, 0.717) is 111 Å². The zero-order chi connectivity index (χ0) is 48.3. The number of ether oxygens (including phenoxy) is 4. The van der Waals surface area contributed by atoms with Crippen molar-refractivity contribution in [1.29, 1.82) is 5.26 Å². The van der Waals surface area contributed by atoms with Crippen molar-refractivity contribution in [1.82, 2.24) is 40.4 Å². The van der Waals surface area contributed by atoms with Crippen LogP contribution in [0.15, 0.2) is 48.9 Å². The second-order valence-electron chi connectivity index (χ2n) is 17.0. The summed E-state index contributed by atoms with van der Waals surface area (Å²) in [5.41, 5.74) is 4.71. The summed E-state index contributed by atoms with van der Waals surface area (Å²) >= 11 is 0. The van der Waals surface area contributed by atoms with E-state index < -0.39 is 11.9 Å². The number of anilines is 4. The number of hydrogen-bond donors (Lipinski definition) is 5. The standard InChI is InChI=1S/C48H58N12O9/c1-3-37-43-36(26-49)53-29-59(43)39-27-52-48(57-44(39)60(37)31-7-4-5-8-31)55-35-12-11-30(25-40(35)66-2)45(63)51-18-20-68-22-24-69-23-21-67-19-17-50-16-15-42(62)54-34-10-6-9-32-33(34)28-58(47(32)65)38-13-14-41(61)56-46(38)64/h6,9-12,25,27,29,31,37-38,50H,3-5,7-8,13-24,28H2,1-2H3,(H,51,63)(H,54,62)(H,52,55,57)(H,56,61,64)/t37-,38?/m1/s1. The molecule has 2 atom stereocenters. The summed E-state index contributed by atoms with van der Waals surface area (Å²) < 4.78 is 24.4. The van der Waals surface area contributed by atoms with Gasteiger partial charge in [0.05, 0.1) is 70.4 Å². The Morgan fingerprint density at radius 1 is 0.928 bits per heavy atom. The Morgan fingerprint density at radius 2 is 1.70 bits per heavy atom. The lowest BCUT2D eigenvalue weighted by atomic mass is 10.0. The molecule has 0 radical (unpaired) electrons. The predicted octanol–water partition coefficient (Wildman–Crippen LogP) is 3.66. The molecule has 1 unspecified atom stereocenters. The molecule has 3 aliphatic heterocycles. The Labute approximate surface area is 399 Å². The van der Waals surface area contributed by atoms with Crippen LogP contribution in [0.2, 0.25) is 0 Å². The predicted molar refractivity (Wildman–Crippen MR) is 251 cm³/mol. The molecule has 21 nitrogen and oxygen atoms in total. The molecule has 1 saturated carbocycles. The number of carbonyl (C=O) groups is 5. The van der Waals surface area contributed by atoms with E-state index in [-0.39, 0.29) is 55.5 Å². The summed E-state index contributed by atoms with van der Waals surface area (Å²) in [6.07, 6.45) is 9.25. The molecule has 4 aliphatic rings. The van der Waals surface area contributed by atoms with Crippen molar-refractivity contribution in [3.8, 4) is 17.5 Å². The van der Waals surface area contributed by atoms with Crippen LogP contribution in [-0.2, 0) is 35.1 Å². The van der Waals surface area contributed by atoms with E-state index in [1.54, 1.807) is 48.9 Å². The first-order valence-electron chi connectivity index (χ1n) is 23.6. The highest BCUT2D eigenvalue weighted by Gasteiger charge is 2.41. The van der Waals surface area contributed by atoms with Crippen LogP contribution in [0.1, 0.15) is 102 Å². The van der Waals surface area contributed by atoms with Gasteiger partial charge in [-0.15, -0.1) is 0 Å². The maximum Gasteiger partial charge on any atom is 0.255 e. The third kappa shape index (κ3) is 11.2. The number of nitrogens with zero attached hydrogens (tertiary/aromatic N) is 7. The molecule has 5 heterocycles. The molecule has 1 saturated heterocycles. The fourth-order valence-electron chi connectivity index (χ4n) is 9.34.